The highest BCUT2D eigenvalue weighted by molar-refractivity contribution is 5.94. The van der Waals surface area contributed by atoms with Crippen LogP contribution in [0.1, 0.15) is 51.9 Å². The number of carboxylic acid groups (broad SMARTS) is 1. The first kappa shape index (κ1) is 29.5. The maximum Gasteiger partial charge on any atom is 0.326 e. The fourth-order valence-corrected chi connectivity index (χ4v) is 3.75. The van der Waals surface area contributed by atoms with Crippen LogP contribution in [0.25, 0.3) is 0 Å². The molecule has 0 aliphatic carbocycles. The van der Waals surface area contributed by atoms with Gasteiger partial charge in [0.25, 0.3) is 0 Å². The summed E-state index contributed by atoms with van der Waals surface area (Å²) in [6.45, 7) is 7.50. The molecule has 2 aromatic heterocycles. The summed E-state index contributed by atoms with van der Waals surface area (Å²) in [6.07, 6.45) is 6.95. The zero-order valence-corrected chi connectivity index (χ0v) is 21.7. The van der Waals surface area contributed by atoms with Gasteiger partial charge in [0.15, 0.2) is 0 Å². The van der Waals surface area contributed by atoms with Gasteiger partial charge in [0.1, 0.15) is 18.1 Å². The largest absolute Gasteiger partial charge is 0.480 e. The van der Waals surface area contributed by atoms with Crippen molar-refractivity contribution in [1.29, 1.82) is 0 Å². The van der Waals surface area contributed by atoms with E-state index in [9.17, 15) is 24.3 Å². The quantitative estimate of drug-likeness (QED) is 0.169. The lowest BCUT2D eigenvalue weighted by atomic mass is 9.96. The highest BCUT2D eigenvalue weighted by Gasteiger charge is 2.33. The van der Waals surface area contributed by atoms with Gasteiger partial charge < -0.3 is 36.8 Å². The summed E-state index contributed by atoms with van der Waals surface area (Å²) in [5.74, 6) is -3.08. The molecule has 13 nitrogen and oxygen atoms in total. The number of H-pyrrole nitrogens is 2. The maximum atomic E-state index is 13.4. The van der Waals surface area contributed by atoms with Gasteiger partial charge >= 0.3 is 5.97 Å². The summed E-state index contributed by atoms with van der Waals surface area (Å²) in [5.41, 5.74) is 7.15. The maximum absolute atomic E-state index is 13.4. The Morgan fingerprint density at radius 3 is 1.89 bits per heavy atom. The lowest BCUT2D eigenvalue weighted by molar-refractivity contribution is -0.142. The van der Waals surface area contributed by atoms with Crippen LogP contribution in [0.15, 0.2) is 25.0 Å². The van der Waals surface area contributed by atoms with E-state index in [2.05, 4.69) is 35.9 Å². The Morgan fingerprint density at radius 2 is 1.43 bits per heavy atom. The first-order valence-corrected chi connectivity index (χ1v) is 12.4. The molecule has 0 saturated heterocycles. The number of hydrogen-bond acceptors (Lipinski definition) is 7. The molecule has 0 bridgehead atoms. The van der Waals surface area contributed by atoms with Crippen molar-refractivity contribution < 1.29 is 24.3 Å². The van der Waals surface area contributed by atoms with Crippen molar-refractivity contribution in [3.63, 3.8) is 0 Å². The summed E-state index contributed by atoms with van der Waals surface area (Å²) in [4.78, 5) is 64.5. The normalized spacial score (nSPS) is 15.3. The van der Waals surface area contributed by atoms with E-state index in [0.29, 0.717) is 24.2 Å². The number of imidazole rings is 2. The zero-order valence-electron chi connectivity index (χ0n) is 21.7. The SMILES string of the molecule is CCC(C)C(NC(=O)C(Cc1cnc[nH]1)NC(=O)C(N)CC(C)C)C(=O)NC(Cc1cnc[nH]1)C(=O)O. The third kappa shape index (κ3) is 9.33. The second-order valence-electron chi connectivity index (χ2n) is 9.63. The molecule has 13 heteroatoms. The van der Waals surface area contributed by atoms with Crippen LogP contribution in [0.3, 0.4) is 0 Å². The third-order valence-corrected chi connectivity index (χ3v) is 6.06. The molecule has 5 unspecified atom stereocenters. The first-order valence-electron chi connectivity index (χ1n) is 12.4. The molecule has 2 aromatic rings. The molecule has 204 valence electrons. The van der Waals surface area contributed by atoms with E-state index < -0.39 is 47.9 Å². The van der Waals surface area contributed by atoms with Crippen LogP contribution in [-0.2, 0) is 32.0 Å². The summed E-state index contributed by atoms with van der Waals surface area (Å²) >= 11 is 0. The van der Waals surface area contributed by atoms with Crippen LogP contribution >= 0.6 is 0 Å². The molecule has 37 heavy (non-hydrogen) atoms. The van der Waals surface area contributed by atoms with Crippen LogP contribution in [-0.4, -0.2) is 72.9 Å². The summed E-state index contributed by atoms with van der Waals surface area (Å²) < 4.78 is 0. The Hall–Kier alpha value is -3.74. The Kier molecular flexibility index (Phi) is 11.2. The van der Waals surface area contributed by atoms with Gasteiger partial charge in [0, 0.05) is 36.6 Å². The van der Waals surface area contributed by atoms with Gasteiger partial charge in [0.05, 0.1) is 18.7 Å². The minimum Gasteiger partial charge on any atom is -0.480 e. The molecule has 0 fully saturated rings. The minimum absolute atomic E-state index is 0.00546. The molecule has 8 N–H and O–H groups in total. The molecule has 0 aliphatic heterocycles. The number of carbonyl (C=O) groups is 4. The predicted octanol–water partition coefficient (Wildman–Crippen LogP) is -0.123. The van der Waals surface area contributed by atoms with Gasteiger partial charge in [-0.2, -0.15) is 0 Å². The van der Waals surface area contributed by atoms with E-state index in [1.54, 1.807) is 6.92 Å². The standard InChI is InChI=1S/C24H38N8O5/c1-5-14(4)20(23(35)31-19(24(36)37)8-16-10-27-12-29-16)32-22(34)18(7-15-9-26-11-28-15)30-21(33)17(25)6-13(2)3/h9-14,17-20H,5-8,25H2,1-4H3,(H,26,28)(H,27,29)(H,30,33)(H,31,35)(H,32,34)(H,36,37). The number of aliphatic carboxylic acids is 1. The van der Waals surface area contributed by atoms with Crippen LogP contribution in [0.5, 0.6) is 0 Å². The zero-order chi connectivity index (χ0) is 27.5. The van der Waals surface area contributed by atoms with E-state index in [1.807, 2.05) is 20.8 Å². The number of aromatic nitrogens is 4. The van der Waals surface area contributed by atoms with Crippen molar-refractivity contribution in [2.24, 2.45) is 17.6 Å². The topological polar surface area (TPSA) is 208 Å². The smallest absolute Gasteiger partial charge is 0.326 e. The van der Waals surface area contributed by atoms with Crippen molar-refractivity contribution in [1.82, 2.24) is 35.9 Å². The predicted molar refractivity (Wildman–Crippen MR) is 135 cm³/mol. The van der Waals surface area contributed by atoms with E-state index in [0.717, 1.165) is 0 Å². The van der Waals surface area contributed by atoms with Gasteiger partial charge in [-0.1, -0.05) is 34.1 Å². The molecule has 0 radical (unpaired) electrons. The van der Waals surface area contributed by atoms with Gasteiger partial charge in [0.2, 0.25) is 17.7 Å². The second kappa shape index (κ2) is 14.1. The molecule has 3 amide bonds. The Labute approximate surface area is 215 Å². The Balaban J connectivity index is 2.18. The number of carbonyl (C=O) groups excluding carboxylic acids is 3. The van der Waals surface area contributed by atoms with E-state index in [-0.39, 0.29) is 24.7 Å². The molecule has 0 spiro atoms. The number of carboxylic acids is 1. The van der Waals surface area contributed by atoms with Crippen LogP contribution in [0, 0.1) is 11.8 Å². The minimum atomic E-state index is -1.23. The number of amides is 3. The highest BCUT2D eigenvalue weighted by Crippen LogP contribution is 2.11. The second-order valence-corrected chi connectivity index (χ2v) is 9.63. The summed E-state index contributed by atoms with van der Waals surface area (Å²) in [7, 11) is 0. The average molecular weight is 519 g/mol. The van der Waals surface area contributed by atoms with Crippen molar-refractivity contribution >= 4 is 23.7 Å². The lowest BCUT2D eigenvalue weighted by Gasteiger charge is -2.28. The Bertz CT molecular complexity index is 1010. The molecule has 0 aliphatic rings. The molecule has 2 rings (SSSR count). The monoisotopic (exact) mass is 518 g/mol. The van der Waals surface area contributed by atoms with Gasteiger partial charge in [-0.3, -0.25) is 14.4 Å². The lowest BCUT2D eigenvalue weighted by Crippen LogP contribution is -2.59. The first-order chi connectivity index (χ1) is 17.5. The molecule has 0 saturated carbocycles. The molecular weight excluding hydrogens is 480 g/mol. The highest BCUT2D eigenvalue weighted by atomic mass is 16.4. The van der Waals surface area contributed by atoms with Crippen molar-refractivity contribution in [2.45, 2.75) is 77.5 Å². The molecular formula is C24H38N8O5. The fourth-order valence-electron chi connectivity index (χ4n) is 3.75. The molecule has 2 heterocycles. The van der Waals surface area contributed by atoms with Crippen molar-refractivity contribution in [3.8, 4) is 0 Å². The average Bonchev–Trinajstić information content (AvgIpc) is 3.54. The van der Waals surface area contributed by atoms with Crippen molar-refractivity contribution in [3.05, 3.63) is 36.4 Å². The van der Waals surface area contributed by atoms with Crippen LogP contribution in [0.2, 0.25) is 0 Å². The number of nitrogens with two attached hydrogens (primary N) is 1. The van der Waals surface area contributed by atoms with Crippen LogP contribution < -0.4 is 21.7 Å². The van der Waals surface area contributed by atoms with Crippen molar-refractivity contribution in [2.75, 3.05) is 0 Å². The summed E-state index contributed by atoms with van der Waals surface area (Å²) in [6, 6.07) is -4.10. The van der Waals surface area contributed by atoms with E-state index >= 15 is 0 Å². The number of hydrogen-bond donors (Lipinski definition) is 7. The number of rotatable bonds is 15. The van der Waals surface area contributed by atoms with Gasteiger partial charge in [-0.25, -0.2) is 14.8 Å². The summed E-state index contributed by atoms with van der Waals surface area (Å²) in [5, 5.41) is 17.5. The van der Waals surface area contributed by atoms with E-state index in [4.69, 9.17) is 5.73 Å². The van der Waals surface area contributed by atoms with Gasteiger partial charge in [-0.05, 0) is 18.3 Å². The third-order valence-electron chi connectivity index (χ3n) is 6.06. The number of aromatic amines is 2. The molecule has 5 atom stereocenters. The number of nitrogens with one attached hydrogen (secondary N) is 5. The Morgan fingerprint density at radius 1 is 0.892 bits per heavy atom. The van der Waals surface area contributed by atoms with E-state index in [1.165, 1.54) is 25.0 Å². The van der Waals surface area contributed by atoms with Gasteiger partial charge in [-0.15, -0.1) is 0 Å². The molecule has 0 aromatic carbocycles. The van der Waals surface area contributed by atoms with Crippen LogP contribution in [0.4, 0.5) is 0 Å². The number of nitrogens with zero attached hydrogens (tertiary/aromatic N) is 2. The fraction of sp³-hybridized carbons (Fsp3) is 0.583.